The number of benzene rings is 6. The van der Waals surface area contributed by atoms with Gasteiger partial charge in [0.15, 0.2) is 0 Å². The summed E-state index contributed by atoms with van der Waals surface area (Å²) in [6.45, 7) is 0. The minimum absolute atomic E-state index is 0.930. The highest BCUT2D eigenvalue weighted by Crippen LogP contribution is 2.39. The maximum atomic E-state index is 4.89. The third-order valence-corrected chi connectivity index (χ3v) is 9.35. The van der Waals surface area contributed by atoms with Gasteiger partial charge in [-0.15, -0.1) is 0 Å². The van der Waals surface area contributed by atoms with Crippen LogP contribution in [0.1, 0.15) is 0 Å². The first-order chi connectivity index (χ1) is 22.8. The largest absolute Gasteiger partial charge is 0.254 e. The third kappa shape index (κ3) is 3.74. The third-order valence-electron chi connectivity index (χ3n) is 9.35. The Hall–Kier alpha value is -6.26. The van der Waals surface area contributed by atoms with Gasteiger partial charge in [0, 0.05) is 57.5 Å². The molecule has 0 saturated carbocycles. The van der Waals surface area contributed by atoms with Crippen LogP contribution in [-0.4, -0.2) is 19.9 Å². The van der Waals surface area contributed by atoms with Crippen LogP contribution in [0.3, 0.4) is 0 Å². The van der Waals surface area contributed by atoms with Gasteiger partial charge in [0.25, 0.3) is 0 Å². The number of aromatic nitrogens is 4. The lowest BCUT2D eigenvalue weighted by Crippen LogP contribution is -1.89. The molecule has 0 spiro atoms. The van der Waals surface area contributed by atoms with E-state index < -0.39 is 0 Å². The molecule has 4 heteroatoms. The highest BCUT2D eigenvalue weighted by atomic mass is 14.7. The summed E-state index contributed by atoms with van der Waals surface area (Å²) < 4.78 is 0. The second-order valence-electron chi connectivity index (χ2n) is 11.9. The van der Waals surface area contributed by atoms with Crippen molar-refractivity contribution < 1.29 is 0 Å². The fourth-order valence-electron chi connectivity index (χ4n) is 7.10. The average molecular weight is 585 g/mol. The molecule has 6 aromatic carbocycles. The van der Waals surface area contributed by atoms with Gasteiger partial charge >= 0.3 is 0 Å². The molecular formula is C42H24N4. The monoisotopic (exact) mass is 584 g/mol. The van der Waals surface area contributed by atoms with Crippen LogP contribution in [-0.2, 0) is 0 Å². The first kappa shape index (κ1) is 25.1. The van der Waals surface area contributed by atoms with Gasteiger partial charge in [0.1, 0.15) is 0 Å². The molecule has 10 aromatic rings. The Morgan fingerprint density at radius 2 is 0.717 bits per heavy atom. The summed E-state index contributed by atoms with van der Waals surface area (Å²) in [6, 6.07) is 43.4. The fraction of sp³-hybridized carbons (Fsp3) is 0. The fourth-order valence-corrected chi connectivity index (χ4v) is 7.10. The maximum absolute atomic E-state index is 4.89. The van der Waals surface area contributed by atoms with Crippen LogP contribution in [0.15, 0.2) is 146 Å². The van der Waals surface area contributed by atoms with Crippen molar-refractivity contribution in [3.05, 3.63) is 146 Å². The summed E-state index contributed by atoms with van der Waals surface area (Å²) >= 11 is 0. The molecule has 0 fully saturated rings. The van der Waals surface area contributed by atoms with Crippen molar-refractivity contribution in [1.82, 2.24) is 19.9 Å². The highest BCUT2D eigenvalue weighted by molar-refractivity contribution is 6.26. The predicted octanol–water partition coefficient (Wildman–Crippen LogP) is 10.7. The van der Waals surface area contributed by atoms with Crippen LogP contribution in [0.25, 0.3) is 98.2 Å². The van der Waals surface area contributed by atoms with Gasteiger partial charge in [0.05, 0.1) is 22.1 Å². The minimum Gasteiger partial charge on any atom is -0.254 e. The van der Waals surface area contributed by atoms with Crippen LogP contribution >= 0.6 is 0 Å². The number of pyridine rings is 4. The molecule has 0 saturated heterocycles. The van der Waals surface area contributed by atoms with Crippen LogP contribution in [0.4, 0.5) is 0 Å². The molecule has 0 aliphatic rings. The number of nitrogens with zero attached hydrogens (tertiary/aromatic N) is 4. The molecule has 0 radical (unpaired) electrons. The van der Waals surface area contributed by atoms with E-state index in [0.717, 1.165) is 65.9 Å². The van der Waals surface area contributed by atoms with Crippen molar-refractivity contribution in [2.75, 3.05) is 0 Å². The lowest BCUT2D eigenvalue weighted by molar-refractivity contribution is 1.37. The summed E-state index contributed by atoms with van der Waals surface area (Å²) in [4.78, 5) is 19.0. The summed E-state index contributed by atoms with van der Waals surface area (Å²) in [5.74, 6) is 0. The van der Waals surface area contributed by atoms with Gasteiger partial charge in [-0.3, -0.25) is 19.9 Å². The van der Waals surface area contributed by atoms with Crippen molar-refractivity contribution in [2.24, 2.45) is 0 Å². The molecule has 0 aliphatic carbocycles. The topological polar surface area (TPSA) is 51.6 Å². The zero-order chi connectivity index (χ0) is 30.2. The van der Waals surface area contributed by atoms with Gasteiger partial charge in [0.2, 0.25) is 0 Å². The van der Waals surface area contributed by atoms with Crippen molar-refractivity contribution >= 4 is 75.9 Å². The zero-order valence-corrected chi connectivity index (χ0v) is 24.6. The number of fused-ring (bicyclic) bond motifs is 12. The zero-order valence-electron chi connectivity index (χ0n) is 24.6. The second kappa shape index (κ2) is 9.62. The van der Waals surface area contributed by atoms with Crippen molar-refractivity contribution in [1.29, 1.82) is 0 Å². The summed E-state index contributed by atoms with van der Waals surface area (Å²) in [5, 5.41) is 11.8. The normalized spacial score (nSPS) is 11.9. The Morgan fingerprint density at radius 3 is 1.26 bits per heavy atom. The molecule has 46 heavy (non-hydrogen) atoms. The lowest BCUT2D eigenvalue weighted by Gasteiger charge is -2.14. The van der Waals surface area contributed by atoms with E-state index >= 15 is 0 Å². The van der Waals surface area contributed by atoms with E-state index in [2.05, 4.69) is 119 Å². The molecule has 10 rings (SSSR count). The molecule has 0 atom stereocenters. The summed E-state index contributed by atoms with van der Waals surface area (Å²) in [5.41, 5.74) is 8.19. The van der Waals surface area contributed by atoms with Gasteiger partial charge in [-0.2, -0.15) is 0 Å². The van der Waals surface area contributed by atoms with Crippen molar-refractivity contribution in [3.8, 4) is 22.3 Å². The molecule has 0 N–H and O–H groups in total. The van der Waals surface area contributed by atoms with Crippen LogP contribution in [0, 0.1) is 0 Å². The maximum Gasteiger partial charge on any atom is 0.0964 e. The van der Waals surface area contributed by atoms with E-state index in [1.54, 1.807) is 0 Å². The lowest BCUT2D eigenvalue weighted by atomic mass is 9.90. The van der Waals surface area contributed by atoms with Gasteiger partial charge in [-0.05, 0) is 79.8 Å². The Morgan fingerprint density at radius 1 is 0.283 bits per heavy atom. The first-order valence-corrected chi connectivity index (χ1v) is 15.4. The number of hydrogen-bond acceptors (Lipinski definition) is 4. The molecule has 4 heterocycles. The molecule has 0 unspecified atom stereocenters. The molecule has 0 amide bonds. The molecule has 0 bridgehead atoms. The molecular weight excluding hydrogens is 560 g/mol. The van der Waals surface area contributed by atoms with E-state index in [-0.39, 0.29) is 0 Å². The van der Waals surface area contributed by atoms with Crippen LogP contribution < -0.4 is 0 Å². The predicted molar refractivity (Wildman–Crippen MR) is 191 cm³/mol. The van der Waals surface area contributed by atoms with E-state index in [9.17, 15) is 0 Å². The van der Waals surface area contributed by atoms with E-state index in [0.29, 0.717) is 0 Å². The van der Waals surface area contributed by atoms with Gasteiger partial charge in [-0.25, -0.2) is 0 Å². The Bertz CT molecular complexity index is 2720. The smallest absolute Gasteiger partial charge is 0.0964 e. The number of rotatable bonds is 2. The Balaban J connectivity index is 1.16. The molecule has 4 aromatic heterocycles. The summed E-state index contributed by atoms with van der Waals surface area (Å²) in [7, 11) is 0. The first-order valence-electron chi connectivity index (χ1n) is 15.4. The van der Waals surface area contributed by atoms with Crippen LogP contribution in [0.5, 0.6) is 0 Å². The van der Waals surface area contributed by atoms with Gasteiger partial charge in [-0.1, -0.05) is 84.9 Å². The van der Waals surface area contributed by atoms with Crippen molar-refractivity contribution in [2.45, 2.75) is 0 Å². The van der Waals surface area contributed by atoms with Crippen molar-refractivity contribution in [3.63, 3.8) is 0 Å². The van der Waals surface area contributed by atoms with E-state index in [1.807, 2.05) is 36.9 Å². The van der Waals surface area contributed by atoms with E-state index in [4.69, 9.17) is 9.97 Å². The minimum atomic E-state index is 0.930. The SMILES string of the molecule is c1cnc2c(c1)ccc1cc(-c3ccc4c(c3)c3ccccc3c3ccc(-c5cnc6c(ccc7cccnc76)c5)cc34)cnc12. The molecule has 212 valence electrons. The quantitative estimate of drug-likeness (QED) is 0.190. The molecule has 0 aliphatic heterocycles. The van der Waals surface area contributed by atoms with Gasteiger partial charge < -0.3 is 0 Å². The summed E-state index contributed by atoms with van der Waals surface area (Å²) in [6.07, 6.45) is 7.61. The standard InChI is InChI=1S/C42H24N4/c1-2-8-34-33(7-1)35-15-13-27(31-19-29-11-9-25-5-3-17-43-39(25)41(29)45-23-31)22-38(35)36-16-14-28(21-37(34)36)32-20-30-12-10-26-6-4-18-44-40(26)42(30)46-24-32/h1-24H. The highest BCUT2D eigenvalue weighted by Gasteiger charge is 2.13. The van der Waals surface area contributed by atoms with Crippen LogP contribution in [0.2, 0.25) is 0 Å². The second-order valence-corrected chi connectivity index (χ2v) is 11.9. The average Bonchev–Trinajstić information content (AvgIpc) is 3.14. The molecule has 4 nitrogen and oxygen atoms in total. The number of hydrogen-bond donors (Lipinski definition) is 0. The Kier molecular flexibility index (Phi) is 5.25. The Labute approximate surface area is 263 Å². The van der Waals surface area contributed by atoms with E-state index in [1.165, 1.54) is 32.3 Å².